The Balaban J connectivity index is 1.61. The third-order valence-electron chi connectivity index (χ3n) is 6.34. The van der Waals surface area contributed by atoms with Crippen LogP contribution in [0.2, 0.25) is 0 Å². The van der Waals surface area contributed by atoms with Gasteiger partial charge in [0, 0.05) is 10.6 Å². The summed E-state index contributed by atoms with van der Waals surface area (Å²) in [5.41, 5.74) is 4.31. The number of benzene rings is 1. The first kappa shape index (κ1) is 21.3. The number of hydrogen-bond acceptors (Lipinski definition) is 4. The highest BCUT2D eigenvalue weighted by molar-refractivity contribution is 7.17. The summed E-state index contributed by atoms with van der Waals surface area (Å²) >= 11 is 1.44. The van der Waals surface area contributed by atoms with Crippen molar-refractivity contribution >= 4 is 39.8 Å². The number of thiophene rings is 1. The molecule has 4 rings (SSSR count). The van der Waals surface area contributed by atoms with Crippen LogP contribution < -0.4 is 10.6 Å². The lowest BCUT2D eigenvalue weighted by Crippen LogP contribution is -2.36. The predicted octanol–water partition coefficient (Wildman–Crippen LogP) is 4.87. The summed E-state index contributed by atoms with van der Waals surface area (Å²) in [7, 11) is 0. The molecule has 2 amide bonds. The molecule has 1 aromatic carbocycles. The molecule has 0 saturated carbocycles. The van der Waals surface area contributed by atoms with Crippen molar-refractivity contribution in [2.24, 2.45) is 11.8 Å². The Bertz CT molecular complexity index is 1070. The molecule has 0 spiro atoms. The third-order valence-corrected chi connectivity index (χ3v) is 7.54. The summed E-state index contributed by atoms with van der Waals surface area (Å²) < 4.78 is 0. The van der Waals surface area contributed by atoms with Gasteiger partial charge in [-0.1, -0.05) is 29.3 Å². The number of anilines is 2. The lowest BCUT2D eigenvalue weighted by molar-refractivity contribution is -0.146. The van der Waals surface area contributed by atoms with Crippen molar-refractivity contribution in [3.8, 4) is 0 Å². The maximum Gasteiger partial charge on any atom is 0.307 e. The monoisotopic (exact) mass is 438 g/mol. The Morgan fingerprint density at radius 1 is 0.968 bits per heavy atom. The van der Waals surface area contributed by atoms with Crippen LogP contribution in [0, 0.1) is 11.8 Å². The van der Waals surface area contributed by atoms with E-state index in [1.54, 1.807) is 0 Å². The molecule has 0 radical (unpaired) electrons. The van der Waals surface area contributed by atoms with Crippen molar-refractivity contribution in [3.05, 3.63) is 57.5 Å². The largest absolute Gasteiger partial charge is 0.481 e. The van der Waals surface area contributed by atoms with E-state index in [-0.39, 0.29) is 11.8 Å². The number of amides is 2. The fourth-order valence-corrected chi connectivity index (χ4v) is 5.77. The molecule has 0 fully saturated rings. The Kier molecular flexibility index (Phi) is 5.96. The van der Waals surface area contributed by atoms with E-state index in [2.05, 4.69) is 10.6 Å². The Morgan fingerprint density at radius 3 is 2.32 bits per heavy atom. The van der Waals surface area contributed by atoms with Crippen molar-refractivity contribution < 1.29 is 19.5 Å². The number of nitrogens with one attached hydrogen (secondary N) is 2. The van der Waals surface area contributed by atoms with Gasteiger partial charge in [-0.3, -0.25) is 14.4 Å². The van der Waals surface area contributed by atoms with Crippen LogP contribution in [0.5, 0.6) is 0 Å². The summed E-state index contributed by atoms with van der Waals surface area (Å²) in [6.07, 6.45) is 3.49. The molecule has 162 valence electrons. The zero-order valence-electron chi connectivity index (χ0n) is 17.7. The Hall–Kier alpha value is -2.93. The minimum absolute atomic E-state index is 0.244. The molecular formula is C24H26N2O4S. The molecule has 6 nitrogen and oxygen atoms in total. The van der Waals surface area contributed by atoms with Crippen LogP contribution in [0.25, 0.3) is 0 Å². The number of rotatable bonds is 5. The number of carbonyl (C=O) groups is 3. The number of hydrogen-bond donors (Lipinski definition) is 3. The van der Waals surface area contributed by atoms with Crippen LogP contribution >= 0.6 is 11.3 Å². The van der Waals surface area contributed by atoms with E-state index in [9.17, 15) is 19.5 Å². The first-order valence-electron chi connectivity index (χ1n) is 10.5. The zero-order chi connectivity index (χ0) is 22.1. The van der Waals surface area contributed by atoms with Crippen molar-refractivity contribution in [3.63, 3.8) is 0 Å². The molecular weight excluding hydrogens is 412 g/mol. The van der Waals surface area contributed by atoms with Crippen molar-refractivity contribution in [1.82, 2.24) is 0 Å². The maximum absolute atomic E-state index is 13.2. The first-order valence-corrected chi connectivity index (χ1v) is 11.4. The van der Waals surface area contributed by atoms with Gasteiger partial charge in [-0.15, -0.1) is 11.3 Å². The van der Waals surface area contributed by atoms with Gasteiger partial charge in [-0.25, -0.2) is 0 Å². The molecule has 0 bridgehead atoms. The summed E-state index contributed by atoms with van der Waals surface area (Å²) in [5, 5.41) is 16.0. The predicted molar refractivity (Wildman–Crippen MR) is 122 cm³/mol. The number of fused-ring (bicyclic) bond motifs is 1. The minimum atomic E-state index is -0.956. The van der Waals surface area contributed by atoms with Crippen LogP contribution in [0.15, 0.2) is 41.5 Å². The number of carboxylic acids is 1. The van der Waals surface area contributed by atoms with Gasteiger partial charge in [0.2, 0.25) is 5.91 Å². The molecule has 2 atom stereocenters. The Labute approximate surface area is 185 Å². The number of aryl methyl sites for hydroxylation is 1. The third kappa shape index (κ3) is 4.28. The van der Waals surface area contributed by atoms with Crippen molar-refractivity contribution in [2.75, 3.05) is 10.6 Å². The molecule has 0 saturated heterocycles. The topological polar surface area (TPSA) is 95.5 Å². The van der Waals surface area contributed by atoms with Gasteiger partial charge in [0.25, 0.3) is 5.91 Å². The lowest BCUT2D eigenvalue weighted by atomic mass is 9.76. The molecule has 1 aromatic heterocycles. The molecule has 2 aliphatic carbocycles. The maximum atomic E-state index is 13.2. The normalized spacial score (nSPS) is 20.3. The summed E-state index contributed by atoms with van der Waals surface area (Å²) in [6, 6.07) is 9.22. The number of carbonyl (C=O) groups excluding carboxylic acids is 2. The summed E-state index contributed by atoms with van der Waals surface area (Å²) in [4.78, 5) is 39.2. The van der Waals surface area contributed by atoms with Crippen LogP contribution in [0.1, 0.15) is 53.9 Å². The van der Waals surface area contributed by atoms with E-state index in [1.807, 2.05) is 44.2 Å². The van der Waals surface area contributed by atoms with Crippen LogP contribution in [-0.2, 0) is 22.4 Å². The number of para-hydroxylation sites is 1. The van der Waals surface area contributed by atoms with Gasteiger partial charge in [0.05, 0.1) is 17.4 Å². The number of allylic oxidation sites excluding steroid dienone is 2. The molecule has 0 aliphatic heterocycles. The molecule has 0 unspecified atom stereocenters. The SMILES string of the molecule is CC1=C(C)C[C@@H](C(=O)O)[C@@H](C(=O)Nc2sc3c(c2C(=O)Nc2ccccc2)CCC3)C1. The second-order valence-corrected chi connectivity index (χ2v) is 9.50. The summed E-state index contributed by atoms with van der Waals surface area (Å²) in [6.45, 7) is 3.88. The van der Waals surface area contributed by atoms with Gasteiger partial charge < -0.3 is 15.7 Å². The molecule has 7 heteroatoms. The average molecular weight is 439 g/mol. The fourth-order valence-electron chi connectivity index (χ4n) is 4.48. The van der Waals surface area contributed by atoms with Gasteiger partial charge in [-0.2, -0.15) is 0 Å². The van der Waals surface area contributed by atoms with Crippen LogP contribution in [0.3, 0.4) is 0 Å². The molecule has 3 N–H and O–H groups in total. The lowest BCUT2D eigenvalue weighted by Gasteiger charge is -2.29. The van der Waals surface area contributed by atoms with E-state index in [1.165, 1.54) is 11.3 Å². The summed E-state index contributed by atoms with van der Waals surface area (Å²) in [5.74, 6) is -2.93. The van der Waals surface area contributed by atoms with Crippen molar-refractivity contribution in [2.45, 2.75) is 46.0 Å². The second kappa shape index (κ2) is 8.67. The van der Waals surface area contributed by atoms with Gasteiger partial charge >= 0.3 is 5.97 Å². The van der Waals surface area contributed by atoms with Gasteiger partial charge in [0.1, 0.15) is 5.00 Å². The molecule has 31 heavy (non-hydrogen) atoms. The number of aliphatic carboxylic acids is 1. The quantitative estimate of drug-likeness (QED) is 0.580. The van der Waals surface area contributed by atoms with E-state index >= 15 is 0 Å². The van der Waals surface area contributed by atoms with Crippen LogP contribution in [0.4, 0.5) is 10.7 Å². The molecule has 2 aromatic rings. The first-order chi connectivity index (χ1) is 14.8. The van der Waals surface area contributed by atoms with Gasteiger partial charge in [0.15, 0.2) is 0 Å². The van der Waals surface area contributed by atoms with E-state index in [0.717, 1.165) is 40.8 Å². The van der Waals surface area contributed by atoms with Gasteiger partial charge in [-0.05, 0) is 63.6 Å². The average Bonchev–Trinajstić information content (AvgIpc) is 3.30. The zero-order valence-corrected chi connectivity index (χ0v) is 18.5. The molecule has 2 aliphatic rings. The standard InChI is InChI=1S/C24H26N2O4S/c1-13-11-17(18(24(29)30)12-14(13)2)21(27)26-23-20(16-9-6-10-19(16)31-23)22(28)25-15-7-4-3-5-8-15/h3-5,7-8,17-18H,6,9-12H2,1-2H3,(H,25,28)(H,26,27)(H,29,30)/t17-,18+/m0/s1. The minimum Gasteiger partial charge on any atom is -0.481 e. The highest BCUT2D eigenvalue weighted by Crippen LogP contribution is 2.41. The second-order valence-electron chi connectivity index (χ2n) is 8.39. The van der Waals surface area contributed by atoms with Crippen molar-refractivity contribution in [1.29, 1.82) is 0 Å². The Morgan fingerprint density at radius 2 is 1.65 bits per heavy atom. The highest BCUT2D eigenvalue weighted by atomic mass is 32.1. The molecule has 1 heterocycles. The van der Waals surface area contributed by atoms with E-state index in [4.69, 9.17) is 0 Å². The highest BCUT2D eigenvalue weighted by Gasteiger charge is 2.38. The van der Waals surface area contributed by atoms with Crippen LogP contribution in [-0.4, -0.2) is 22.9 Å². The fraction of sp³-hybridized carbons (Fsp3) is 0.375. The van der Waals surface area contributed by atoms with E-state index < -0.39 is 17.8 Å². The number of carboxylic acid groups (broad SMARTS) is 1. The smallest absolute Gasteiger partial charge is 0.307 e. The van der Waals surface area contributed by atoms with E-state index in [0.29, 0.717) is 29.1 Å².